The van der Waals surface area contributed by atoms with E-state index in [0.29, 0.717) is 29.1 Å². The van der Waals surface area contributed by atoms with Gasteiger partial charge in [0, 0.05) is 41.3 Å². The zero-order valence-electron chi connectivity index (χ0n) is 25.1. The Bertz CT molecular complexity index is 1660. The maximum Gasteiger partial charge on any atom is 0.318 e. The van der Waals surface area contributed by atoms with Gasteiger partial charge in [-0.3, -0.25) is 50.4 Å². The van der Waals surface area contributed by atoms with Crippen molar-refractivity contribution in [2.24, 2.45) is 9.98 Å². The molecule has 0 radical (unpaired) electrons. The van der Waals surface area contributed by atoms with Gasteiger partial charge >= 0.3 is 11.4 Å². The van der Waals surface area contributed by atoms with Crippen LogP contribution >= 0.6 is 0 Å². The van der Waals surface area contributed by atoms with E-state index in [1.54, 1.807) is 0 Å². The van der Waals surface area contributed by atoms with Crippen molar-refractivity contribution in [1.82, 2.24) is 0 Å². The van der Waals surface area contributed by atoms with Gasteiger partial charge in [-0.2, -0.15) is 0 Å². The fraction of sp³-hybridized carbons (Fsp3) is 0.310. The van der Waals surface area contributed by atoms with Crippen molar-refractivity contribution < 1.29 is 29.9 Å². The molecule has 0 saturated heterocycles. The molecular formula is C29H30N6O10. The second-order valence-corrected chi connectivity index (χ2v) is 11.0. The maximum atomic E-state index is 11.5. The zero-order chi connectivity index (χ0) is 33.9. The molecule has 3 rings (SSSR count). The molecule has 236 valence electrons. The SMILES string of the molecule is CC(C)c1cc(C(C)C)c(N=Cc2cc([N+](=O)[O-])cc([N+](=O)[O-])c2O)c(C(C)C)c1N=Cc1cc([N+](=O)[O-])cc([N+](=O)[O-])c1O. The number of hydrogen-bond donors (Lipinski definition) is 2. The van der Waals surface area contributed by atoms with Crippen LogP contribution in [0.2, 0.25) is 0 Å². The quantitative estimate of drug-likeness (QED) is 0.120. The Morgan fingerprint density at radius 2 is 0.933 bits per heavy atom. The topological polar surface area (TPSA) is 238 Å². The van der Waals surface area contributed by atoms with Gasteiger partial charge in [0.1, 0.15) is 0 Å². The molecule has 0 atom stereocenters. The third-order valence-corrected chi connectivity index (χ3v) is 6.88. The largest absolute Gasteiger partial charge is 0.502 e. The van der Waals surface area contributed by atoms with Crippen LogP contribution in [0.15, 0.2) is 40.3 Å². The van der Waals surface area contributed by atoms with Crippen molar-refractivity contribution in [2.45, 2.75) is 59.3 Å². The minimum Gasteiger partial charge on any atom is -0.502 e. The van der Waals surface area contributed by atoms with Crippen molar-refractivity contribution in [1.29, 1.82) is 0 Å². The number of aliphatic imine (C=N–C) groups is 2. The van der Waals surface area contributed by atoms with E-state index in [2.05, 4.69) is 9.98 Å². The van der Waals surface area contributed by atoms with Crippen molar-refractivity contribution in [3.63, 3.8) is 0 Å². The summed E-state index contributed by atoms with van der Waals surface area (Å²) < 4.78 is 0. The van der Waals surface area contributed by atoms with Crippen LogP contribution in [0.5, 0.6) is 11.5 Å². The molecular weight excluding hydrogens is 592 g/mol. The highest BCUT2D eigenvalue weighted by molar-refractivity contribution is 5.92. The smallest absolute Gasteiger partial charge is 0.318 e. The van der Waals surface area contributed by atoms with E-state index in [-0.39, 0.29) is 28.9 Å². The molecule has 0 saturated carbocycles. The molecule has 0 bridgehead atoms. The molecule has 0 unspecified atom stereocenters. The first-order valence-corrected chi connectivity index (χ1v) is 13.6. The highest BCUT2D eigenvalue weighted by Gasteiger charge is 2.27. The number of nitrogens with zero attached hydrogens (tertiary/aromatic N) is 6. The standard InChI is InChI=1S/C29H30N6O10/c1-14(2)21-11-22(15(3)4)27(31-13-18-8-20(33(40)41)10-24(29(18)37)35(44)45)25(16(5)6)26(21)30-12-17-7-19(32(38)39)9-23(28(17)36)34(42)43/h7-16,36-37H,1-6H3. The van der Waals surface area contributed by atoms with Crippen molar-refractivity contribution in [3.05, 3.63) is 98.6 Å². The van der Waals surface area contributed by atoms with Gasteiger partial charge in [0.15, 0.2) is 0 Å². The Morgan fingerprint density at radius 1 is 0.578 bits per heavy atom. The second-order valence-electron chi connectivity index (χ2n) is 11.0. The second kappa shape index (κ2) is 13.2. The maximum absolute atomic E-state index is 11.5. The number of nitro groups is 4. The highest BCUT2D eigenvalue weighted by Crippen LogP contribution is 2.46. The van der Waals surface area contributed by atoms with Gasteiger partial charge in [0.2, 0.25) is 11.5 Å². The van der Waals surface area contributed by atoms with E-state index >= 15 is 0 Å². The van der Waals surface area contributed by atoms with Gasteiger partial charge in [-0.1, -0.05) is 47.6 Å². The van der Waals surface area contributed by atoms with Crippen LogP contribution in [0.3, 0.4) is 0 Å². The minimum atomic E-state index is -0.948. The number of rotatable bonds is 11. The van der Waals surface area contributed by atoms with E-state index in [4.69, 9.17) is 0 Å². The normalized spacial score (nSPS) is 11.8. The van der Waals surface area contributed by atoms with Gasteiger partial charge in [-0.25, -0.2) is 0 Å². The molecule has 16 heteroatoms. The third kappa shape index (κ3) is 7.06. The summed E-state index contributed by atoms with van der Waals surface area (Å²) in [6.45, 7) is 11.3. The predicted octanol–water partition coefficient (Wildman–Crippen LogP) is 7.60. The Hall–Kier alpha value is -5.80. The zero-order valence-corrected chi connectivity index (χ0v) is 25.1. The lowest BCUT2D eigenvalue weighted by molar-refractivity contribution is -0.395. The molecule has 45 heavy (non-hydrogen) atoms. The van der Waals surface area contributed by atoms with Gasteiger partial charge < -0.3 is 10.2 Å². The van der Waals surface area contributed by atoms with Gasteiger partial charge in [0.05, 0.1) is 43.2 Å². The average molecular weight is 623 g/mol. The minimum absolute atomic E-state index is 0.123. The summed E-state index contributed by atoms with van der Waals surface area (Å²) in [4.78, 5) is 51.3. The average Bonchev–Trinajstić information content (AvgIpc) is 2.94. The first-order chi connectivity index (χ1) is 21.0. The summed E-state index contributed by atoms with van der Waals surface area (Å²) in [7, 11) is 0. The Labute approximate surface area is 256 Å². The van der Waals surface area contributed by atoms with Gasteiger partial charge in [0.25, 0.3) is 11.4 Å². The van der Waals surface area contributed by atoms with Crippen LogP contribution in [0, 0.1) is 40.5 Å². The first-order valence-electron chi connectivity index (χ1n) is 13.6. The number of non-ortho nitro benzene ring substituents is 2. The number of phenolic OH excluding ortho intramolecular Hbond substituents is 2. The fourth-order valence-electron chi connectivity index (χ4n) is 4.65. The number of hydrogen-bond acceptors (Lipinski definition) is 12. The molecule has 0 aliphatic carbocycles. The highest BCUT2D eigenvalue weighted by atomic mass is 16.6. The van der Waals surface area contributed by atoms with Crippen LogP contribution in [-0.2, 0) is 0 Å². The van der Waals surface area contributed by atoms with Crippen molar-refractivity contribution in [2.75, 3.05) is 0 Å². The van der Waals surface area contributed by atoms with Gasteiger partial charge in [-0.05, 0) is 28.9 Å². The monoisotopic (exact) mass is 622 g/mol. The molecule has 0 spiro atoms. The van der Waals surface area contributed by atoms with Crippen LogP contribution in [-0.4, -0.2) is 42.3 Å². The molecule has 0 fully saturated rings. The molecule has 0 aliphatic rings. The lowest BCUT2D eigenvalue weighted by Crippen LogP contribution is -2.03. The summed E-state index contributed by atoms with van der Waals surface area (Å²) in [5.74, 6) is -2.16. The van der Waals surface area contributed by atoms with Crippen LogP contribution in [0.25, 0.3) is 0 Å². The molecule has 0 amide bonds. The molecule has 3 aromatic carbocycles. The third-order valence-electron chi connectivity index (χ3n) is 6.88. The van der Waals surface area contributed by atoms with Gasteiger partial charge in [-0.15, -0.1) is 0 Å². The predicted molar refractivity (Wildman–Crippen MR) is 166 cm³/mol. The summed E-state index contributed by atoms with van der Waals surface area (Å²) in [6.07, 6.45) is 2.17. The molecule has 16 nitrogen and oxygen atoms in total. The van der Waals surface area contributed by atoms with E-state index in [1.165, 1.54) is 0 Å². The summed E-state index contributed by atoms with van der Waals surface area (Å²) in [5.41, 5.74) is -0.804. The Kier molecular flexibility index (Phi) is 9.91. The summed E-state index contributed by atoms with van der Waals surface area (Å²) in [6, 6.07) is 5.03. The van der Waals surface area contributed by atoms with E-state index < -0.39 is 53.9 Å². The molecule has 0 heterocycles. The lowest BCUT2D eigenvalue weighted by Gasteiger charge is -2.23. The number of phenols is 2. The number of benzene rings is 3. The van der Waals surface area contributed by atoms with E-state index in [1.807, 2.05) is 47.6 Å². The Morgan fingerprint density at radius 3 is 1.20 bits per heavy atom. The molecule has 0 aromatic heterocycles. The first kappa shape index (κ1) is 33.7. The molecule has 2 N–H and O–H groups in total. The van der Waals surface area contributed by atoms with Crippen LogP contribution < -0.4 is 0 Å². The summed E-state index contributed by atoms with van der Waals surface area (Å²) >= 11 is 0. The fourth-order valence-corrected chi connectivity index (χ4v) is 4.65. The summed E-state index contributed by atoms with van der Waals surface area (Å²) in [5, 5.41) is 66.8. The number of aromatic hydroxyl groups is 2. The Balaban J connectivity index is 2.39. The van der Waals surface area contributed by atoms with Crippen LogP contribution in [0.1, 0.15) is 87.1 Å². The van der Waals surface area contributed by atoms with Crippen molar-refractivity contribution in [3.8, 4) is 11.5 Å². The lowest BCUT2D eigenvalue weighted by atomic mass is 9.85. The molecule has 3 aromatic rings. The van der Waals surface area contributed by atoms with Crippen molar-refractivity contribution >= 4 is 46.6 Å². The van der Waals surface area contributed by atoms with E-state index in [9.17, 15) is 50.7 Å². The molecule has 0 aliphatic heterocycles. The van der Waals surface area contributed by atoms with Crippen LogP contribution in [0.4, 0.5) is 34.1 Å². The number of nitro benzene ring substituents is 4. The van der Waals surface area contributed by atoms with E-state index in [0.717, 1.165) is 35.7 Å².